The fourth-order valence-corrected chi connectivity index (χ4v) is 1.03. The Balaban J connectivity index is 3.46. The largest absolute Gasteiger partial charge is 0.0922 e. The molecule has 0 fully saturated rings. The van der Waals surface area contributed by atoms with Crippen LogP contribution >= 0.6 is 15.9 Å². The van der Waals surface area contributed by atoms with Crippen molar-refractivity contribution in [2.75, 3.05) is 5.33 Å². The van der Waals surface area contributed by atoms with Crippen molar-refractivity contribution in [2.45, 2.75) is 40.5 Å². The minimum Gasteiger partial charge on any atom is -0.0922 e. The van der Waals surface area contributed by atoms with Crippen LogP contribution in [-0.2, 0) is 0 Å². The maximum Gasteiger partial charge on any atom is 0.00826 e. The van der Waals surface area contributed by atoms with E-state index in [0.717, 1.165) is 11.2 Å². The van der Waals surface area contributed by atoms with Gasteiger partial charge < -0.3 is 0 Å². The molecule has 0 saturated carbocycles. The van der Waals surface area contributed by atoms with Gasteiger partial charge in [0.1, 0.15) is 0 Å². The van der Waals surface area contributed by atoms with Crippen LogP contribution in [0.3, 0.4) is 0 Å². The average Bonchev–Trinajstić information content (AvgIpc) is 1.85. The molecule has 1 heteroatoms. The van der Waals surface area contributed by atoms with E-state index in [2.05, 4.69) is 43.6 Å². The maximum absolute atomic E-state index is 3.52. The van der Waals surface area contributed by atoms with Crippen molar-refractivity contribution in [2.24, 2.45) is 11.3 Å². The van der Waals surface area contributed by atoms with Crippen LogP contribution in [0.2, 0.25) is 0 Å². The van der Waals surface area contributed by atoms with Gasteiger partial charge >= 0.3 is 0 Å². The summed E-state index contributed by atoms with van der Waals surface area (Å²) in [5.74, 6) is 0.846. The molecule has 0 aromatic heterocycles. The van der Waals surface area contributed by atoms with Gasteiger partial charge in [-0.1, -0.05) is 50.0 Å². The topological polar surface area (TPSA) is 0 Å². The lowest BCUT2D eigenvalue weighted by Gasteiger charge is -2.22. The van der Waals surface area contributed by atoms with Crippen molar-refractivity contribution < 1.29 is 0 Å². The van der Waals surface area contributed by atoms with Crippen molar-refractivity contribution in [3.8, 4) is 0 Å². The highest BCUT2D eigenvalue weighted by atomic mass is 79.9. The van der Waals surface area contributed by atoms with Gasteiger partial charge in [-0.05, 0) is 17.8 Å². The number of alkyl halides is 1. The van der Waals surface area contributed by atoms with Gasteiger partial charge in [-0.25, -0.2) is 0 Å². The van der Waals surface area contributed by atoms with Gasteiger partial charge in [-0.3, -0.25) is 0 Å². The van der Waals surface area contributed by atoms with Crippen molar-refractivity contribution in [1.29, 1.82) is 0 Å². The first kappa shape index (κ1) is 10.5. The lowest BCUT2D eigenvalue weighted by atomic mass is 9.88. The predicted octanol–water partition coefficient (Wildman–Crippen LogP) is 3.84. The lowest BCUT2D eigenvalue weighted by molar-refractivity contribution is 0.348. The Morgan fingerprint density at radius 3 is 2.10 bits per heavy atom. The third-order valence-corrected chi connectivity index (χ3v) is 3.28. The molecule has 0 atom stereocenters. The zero-order valence-corrected chi connectivity index (χ0v) is 9.16. The van der Waals surface area contributed by atoms with Crippen molar-refractivity contribution in [1.82, 2.24) is 0 Å². The first-order valence-electron chi connectivity index (χ1n) is 4.04. The van der Waals surface area contributed by atoms with Crippen LogP contribution in [-0.4, -0.2) is 5.33 Å². The van der Waals surface area contributed by atoms with E-state index in [4.69, 9.17) is 0 Å². The molecule has 10 heavy (non-hydrogen) atoms. The monoisotopic (exact) mass is 206 g/mol. The van der Waals surface area contributed by atoms with Crippen LogP contribution in [0, 0.1) is 11.3 Å². The van der Waals surface area contributed by atoms with E-state index in [1.165, 1.54) is 12.8 Å². The molecular weight excluding hydrogens is 188 g/mol. The van der Waals surface area contributed by atoms with Crippen LogP contribution in [0.4, 0.5) is 0 Å². The van der Waals surface area contributed by atoms with E-state index in [1.54, 1.807) is 0 Å². The van der Waals surface area contributed by atoms with Crippen molar-refractivity contribution >= 4 is 15.9 Å². The first-order valence-corrected chi connectivity index (χ1v) is 5.16. The van der Waals surface area contributed by atoms with Crippen LogP contribution < -0.4 is 0 Å². The molecule has 0 aromatic carbocycles. The molecule has 0 heterocycles. The molecule has 0 aromatic rings. The normalized spacial score (nSPS) is 12.6. The summed E-state index contributed by atoms with van der Waals surface area (Å²) in [4.78, 5) is 0. The molecule has 0 bridgehead atoms. The molecule has 0 amide bonds. The summed E-state index contributed by atoms with van der Waals surface area (Å²) in [5.41, 5.74) is 0.490. The Kier molecular flexibility index (Phi) is 4.59. The summed E-state index contributed by atoms with van der Waals surface area (Å²) in [7, 11) is 0. The highest BCUT2D eigenvalue weighted by Crippen LogP contribution is 2.26. The Hall–Kier alpha value is 0.480. The Labute approximate surface area is 73.5 Å². The van der Waals surface area contributed by atoms with Gasteiger partial charge in [0.05, 0.1) is 0 Å². The van der Waals surface area contributed by atoms with Crippen LogP contribution in [0.5, 0.6) is 0 Å². The summed E-state index contributed by atoms with van der Waals surface area (Å²) >= 11 is 3.52. The van der Waals surface area contributed by atoms with Crippen molar-refractivity contribution in [3.63, 3.8) is 0 Å². The van der Waals surface area contributed by atoms with E-state index in [1.807, 2.05) is 0 Å². The zero-order chi connectivity index (χ0) is 8.20. The molecule has 0 aliphatic rings. The first-order chi connectivity index (χ1) is 4.48. The second-order valence-corrected chi connectivity index (χ2v) is 4.79. The molecule has 0 aliphatic carbocycles. The summed E-state index contributed by atoms with van der Waals surface area (Å²) < 4.78 is 0. The van der Waals surface area contributed by atoms with Gasteiger partial charge in [-0.2, -0.15) is 0 Å². The zero-order valence-electron chi connectivity index (χ0n) is 7.58. The quantitative estimate of drug-likeness (QED) is 0.614. The number of hydrogen-bond donors (Lipinski definition) is 0. The van der Waals surface area contributed by atoms with Gasteiger partial charge in [0.15, 0.2) is 0 Å². The predicted molar refractivity (Wildman–Crippen MR) is 51.6 cm³/mol. The van der Waals surface area contributed by atoms with E-state index >= 15 is 0 Å². The Morgan fingerprint density at radius 2 is 1.80 bits per heavy atom. The average molecular weight is 207 g/mol. The number of halogens is 1. The van der Waals surface area contributed by atoms with Crippen molar-refractivity contribution in [3.05, 3.63) is 0 Å². The molecule has 62 valence electrons. The fraction of sp³-hybridized carbons (Fsp3) is 1.00. The molecular formula is C9H19Br. The SMILES string of the molecule is CC(C)CCC(C)(C)CBr. The molecule has 0 spiro atoms. The van der Waals surface area contributed by atoms with Gasteiger partial charge in [0, 0.05) is 5.33 Å². The van der Waals surface area contributed by atoms with Gasteiger partial charge in [-0.15, -0.1) is 0 Å². The summed E-state index contributed by atoms with van der Waals surface area (Å²) in [5, 5.41) is 1.12. The number of hydrogen-bond acceptors (Lipinski definition) is 0. The molecule has 0 unspecified atom stereocenters. The second kappa shape index (κ2) is 4.38. The molecule has 0 radical (unpaired) electrons. The summed E-state index contributed by atoms with van der Waals surface area (Å²) in [6.45, 7) is 9.18. The minimum absolute atomic E-state index is 0.490. The standard InChI is InChI=1S/C9H19Br/c1-8(2)5-6-9(3,4)7-10/h8H,5-7H2,1-4H3. The third kappa shape index (κ3) is 5.28. The van der Waals surface area contributed by atoms with Crippen LogP contribution in [0.15, 0.2) is 0 Å². The lowest BCUT2D eigenvalue weighted by Crippen LogP contribution is -2.13. The molecule has 0 rings (SSSR count). The van der Waals surface area contributed by atoms with E-state index in [-0.39, 0.29) is 0 Å². The van der Waals surface area contributed by atoms with E-state index in [0.29, 0.717) is 5.41 Å². The Bertz CT molecular complexity index is 84.7. The highest BCUT2D eigenvalue weighted by Gasteiger charge is 2.15. The smallest absolute Gasteiger partial charge is 0.00826 e. The highest BCUT2D eigenvalue weighted by molar-refractivity contribution is 9.09. The molecule has 0 saturated heterocycles. The molecule has 0 aliphatic heterocycles. The van der Waals surface area contributed by atoms with E-state index in [9.17, 15) is 0 Å². The fourth-order valence-electron chi connectivity index (χ4n) is 0.746. The molecule has 0 nitrogen and oxygen atoms in total. The van der Waals surface area contributed by atoms with Gasteiger partial charge in [0.2, 0.25) is 0 Å². The number of rotatable bonds is 4. The minimum atomic E-state index is 0.490. The van der Waals surface area contributed by atoms with Crippen LogP contribution in [0.25, 0.3) is 0 Å². The molecule has 0 N–H and O–H groups in total. The van der Waals surface area contributed by atoms with Crippen LogP contribution in [0.1, 0.15) is 40.5 Å². The second-order valence-electron chi connectivity index (χ2n) is 4.23. The third-order valence-electron chi connectivity index (χ3n) is 1.76. The Morgan fingerprint density at radius 1 is 1.30 bits per heavy atom. The maximum atomic E-state index is 3.52. The van der Waals surface area contributed by atoms with E-state index < -0.39 is 0 Å². The van der Waals surface area contributed by atoms with Gasteiger partial charge in [0.25, 0.3) is 0 Å². The summed E-state index contributed by atoms with van der Waals surface area (Å²) in [6.07, 6.45) is 2.68. The summed E-state index contributed by atoms with van der Waals surface area (Å²) in [6, 6.07) is 0.